The van der Waals surface area contributed by atoms with Crippen LogP contribution in [0.4, 0.5) is 5.69 Å². The monoisotopic (exact) mass is 893 g/mol. The quantitative estimate of drug-likeness (QED) is 0.165. The summed E-state index contributed by atoms with van der Waals surface area (Å²) in [6.07, 6.45) is 0. The minimum atomic E-state index is 0.191. The van der Waals surface area contributed by atoms with Crippen molar-refractivity contribution in [3.63, 3.8) is 0 Å². The molecule has 0 atom stereocenters. The molecular weight excluding hydrogens is 863 g/mol. The van der Waals surface area contributed by atoms with E-state index in [-0.39, 0.29) is 11.3 Å². The average molecular weight is 894 g/mol. The van der Waals surface area contributed by atoms with Crippen molar-refractivity contribution >= 4 is 137 Å². The van der Waals surface area contributed by atoms with Gasteiger partial charge in [-0.25, -0.2) is 4.85 Å². The van der Waals surface area contributed by atoms with E-state index in [0.717, 1.165) is 120 Å². The molecule has 16 rings (SSSR count). The molecule has 0 fully saturated rings. The van der Waals surface area contributed by atoms with E-state index in [0.29, 0.717) is 28.2 Å². The van der Waals surface area contributed by atoms with Gasteiger partial charge in [-0.1, -0.05) is 127 Å². The Kier molecular flexibility index (Phi) is 7.06. The van der Waals surface area contributed by atoms with Crippen molar-refractivity contribution in [1.29, 1.82) is 5.26 Å². The lowest BCUT2D eigenvalue weighted by atomic mass is 10.0. The van der Waals surface area contributed by atoms with Crippen molar-refractivity contribution in [2.75, 3.05) is 0 Å². The Morgan fingerprint density at radius 2 is 0.714 bits per heavy atom. The first-order valence-electron chi connectivity index (χ1n) is 23.2. The maximum absolute atomic E-state index is 11.8. The Balaban J connectivity index is 1.17. The Morgan fingerprint density at radius 1 is 0.371 bits per heavy atom. The summed E-state index contributed by atoms with van der Waals surface area (Å²) < 4.78 is 27.2. The van der Waals surface area contributed by atoms with Crippen LogP contribution in [0.15, 0.2) is 201 Å². The van der Waals surface area contributed by atoms with Gasteiger partial charge in [0.25, 0.3) is 0 Å². The average Bonchev–Trinajstić information content (AvgIpc) is 4.26. The third-order valence-electron chi connectivity index (χ3n) is 14.7. The molecular formula is C62H31N5O3. The smallest absolute Gasteiger partial charge is 0.232 e. The molecule has 0 saturated carbocycles. The molecule has 0 bridgehead atoms. The summed E-state index contributed by atoms with van der Waals surface area (Å²) >= 11 is 0. The second-order valence-corrected chi connectivity index (χ2v) is 18.1. The predicted octanol–water partition coefficient (Wildman–Crippen LogP) is 17.1. The largest absolute Gasteiger partial charge is 0.454 e. The van der Waals surface area contributed by atoms with Crippen LogP contribution >= 0.6 is 0 Å². The Hall–Kier alpha value is -10.0. The van der Waals surface area contributed by atoms with Crippen molar-refractivity contribution in [3.05, 3.63) is 205 Å². The van der Waals surface area contributed by atoms with Crippen LogP contribution in [0.3, 0.4) is 0 Å². The van der Waals surface area contributed by atoms with Crippen LogP contribution in [0, 0.1) is 17.9 Å². The first kappa shape index (κ1) is 37.1. The van der Waals surface area contributed by atoms with E-state index in [1.165, 1.54) is 0 Å². The van der Waals surface area contributed by atoms with E-state index >= 15 is 0 Å². The lowest BCUT2D eigenvalue weighted by Crippen LogP contribution is -2.08. The second kappa shape index (κ2) is 13.3. The highest BCUT2D eigenvalue weighted by Crippen LogP contribution is 2.50. The summed E-state index contributed by atoms with van der Waals surface area (Å²) in [6.45, 7) is 9.38. The third-order valence-corrected chi connectivity index (χ3v) is 14.7. The van der Waals surface area contributed by atoms with Crippen molar-refractivity contribution in [3.8, 4) is 23.1 Å². The number of furan rings is 3. The maximum atomic E-state index is 11.8. The summed E-state index contributed by atoms with van der Waals surface area (Å²) in [5.41, 5.74) is 11.7. The Bertz CT molecular complexity index is 5110. The molecule has 8 heteroatoms. The molecule has 0 amide bonds. The van der Waals surface area contributed by atoms with E-state index in [1.54, 1.807) is 0 Å². The number of hydrogen-bond donors (Lipinski definition) is 0. The van der Waals surface area contributed by atoms with Gasteiger partial charge in [-0.15, -0.1) is 0 Å². The molecule has 6 heterocycles. The van der Waals surface area contributed by atoms with Crippen LogP contribution in [0.25, 0.3) is 153 Å². The molecule has 10 aromatic carbocycles. The summed E-state index contributed by atoms with van der Waals surface area (Å²) in [4.78, 5) is 4.49. The molecule has 0 aliphatic rings. The molecule has 0 unspecified atom stereocenters. The fraction of sp³-hybridized carbons (Fsp3) is 0. The molecule has 322 valence electrons. The minimum absolute atomic E-state index is 0.191. The van der Waals surface area contributed by atoms with Crippen LogP contribution in [-0.2, 0) is 0 Å². The lowest BCUT2D eigenvalue weighted by Gasteiger charge is -2.22. The van der Waals surface area contributed by atoms with Gasteiger partial charge in [0.15, 0.2) is 16.7 Å². The Labute approximate surface area is 395 Å². The molecule has 0 radical (unpaired) electrons. The number of nitrogens with zero attached hydrogens (tertiary/aromatic N) is 5. The van der Waals surface area contributed by atoms with Gasteiger partial charge < -0.3 is 27.0 Å². The van der Waals surface area contributed by atoms with Crippen LogP contribution in [0.1, 0.15) is 5.56 Å². The molecule has 0 aliphatic carbocycles. The van der Waals surface area contributed by atoms with E-state index in [4.69, 9.17) is 13.3 Å². The zero-order valence-electron chi connectivity index (χ0n) is 36.9. The highest BCUT2D eigenvalue weighted by molar-refractivity contribution is 6.25. The number of rotatable bonds is 3. The first-order chi connectivity index (χ1) is 34.7. The fourth-order valence-corrected chi connectivity index (χ4v) is 11.8. The van der Waals surface area contributed by atoms with Gasteiger partial charge in [0.1, 0.15) is 16.7 Å². The molecule has 0 aliphatic heterocycles. The Morgan fingerprint density at radius 3 is 1.13 bits per heavy atom. The van der Waals surface area contributed by atoms with Crippen molar-refractivity contribution < 1.29 is 13.3 Å². The van der Waals surface area contributed by atoms with E-state index < -0.39 is 0 Å². The zero-order valence-corrected chi connectivity index (χ0v) is 36.9. The lowest BCUT2D eigenvalue weighted by molar-refractivity contribution is 0.670. The predicted molar refractivity (Wildman–Crippen MR) is 282 cm³/mol. The third kappa shape index (κ3) is 4.57. The summed E-state index contributed by atoms with van der Waals surface area (Å²) in [5.74, 6) is 0. The highest BCUT2D eigenvalue weighted by Gasteiger charge is 2.31. The van der Waals surface area contributed by atoms with Crippen LogP contribution in [0.5, 0.6) is 0 Å². The molecule has 16 aromatic rings. The SMILES string of the molecule is [C-]#[N+]c1c(C#N)c(-n2c3ccccc3c3ccc4c5ccccc5oc4c32)cc(-n2c3ccccc3c3ccc4c5ccccc5oc4c32)c1-n1c2ccccc2c2ccc3c4ccccc4oc3c21. The highest BCUT2D eigenvalue weighted by atomic mass is 16.3. The second-order valence-electron chi connectivity index (χ2n) is 18.1. The van der Waals surface area contributed by atoms with Gasteiger partial charge in [-0.05, 0) is 60.7 Å². The first-order valence-corrected chi connectivity index (χ1v) is 23.2. The number of para-hydroxylation sites is 6. The number of hydrogen-bond acceptors (Lipinski definition) is 4. The van der Waals surface area contributed by atoms with Crippen LogP contribution < -0.4 is 0 Å². The van der Waals surface area contributed by atoms with Crippen LogP contribution in [0.2, 0.25) is 0 Å². The molecule has 6 aromatic heterocycles. The molecule has 0 saturated heterocycles. The molecule has 70 heavy (non-hydrogen) atoms. The van der Waals surface area contributed by atoms with E-state index in [1.807, 2.05) is 78.9 Å². The number of aromatic nitrogens is 3. The maximum Gasteiger partial charge on any atom is 0.232 e. The standard InChI is InChI=1S/C62H31N5O3/c1-64-55-46(33-63)50(65-47-20-8-2-14-34(47)40-26-29-43-37-17-5-11-23-52(37)68-60(43)56(40)65)32-51(66-48-21-9-3-15-35(48)41-27-30-44-38-18-6-12-24-53(38)69-61(44)57(41)66)59(55)67-49-22-10-4-16-36(49)42-28-31-45-39-19-7-13-25-54(39)70-62(45)58(42)67/h2-32H. The van der Waals surface area contributed by atoms with E-state index in [9.17, 15) is 11.8 Å². The molecule has 0 spiro atoms. The van der Waals surface area contributed by atoms with E-state index in [2.05, 4.69) is 134 Å². The fourth-order valence-electron chi connectivity index (χ4n) is 11.8. The van der Waals surface area contributed by atoms with Gasteiger partial charge in [-0.2, -0.15) is 5.26 Å². The number of nitriles is 1. The zero-order chi connectivity index (χ0) is 45.9. The topological polar surface area (TPSA) is 82.4 Å². The number of fused-ring (bicyclic) bond motifs is 21. The minimum Gasteiger partial charge on any atom is -0.454 e. The molecule has 0 N–H and O–H groups in total. The van der Waals surface area contributed by atoms with Crippen LogP contribution in [-0.4, -0.2) is 13.7 Å². The van der Waals surface area contributed by atoms with Crippen molar-refractivity contribution in [2.45, 2.75) is 0 Å². The summed E-state index contributed by atoms with van der Waals surface area (Å²) in [5, 5.41) is 23.6. The van der Waals surface area contributed by atoms with Gasteiger partial charge in [0.05, 0.1) is 68.4 Å². The summed E-state index contributed by atoms with van der Waals surface area (Å²) in [6, 6.07) is 66.9. The van der Waals surface area contributed by atoms with Gasteiger partial charge in [0.2, 0.25) is 5.69 Å². The van der Waals surface area contributed by atoms with Gasteiger partial charge >= 0.3 is 0 Å². The summed E-state index contributed by atoms with van der Waals surface area (Å²) in [7, 11) is 0. The van der Waals surface area contributed by atoms with Gasteiger partial charge in [0, 0.05) is 64.6 Å². The molecule has 8 nitrogen and oxygen atoms in total. The van der Waals surface area contributed by atoms with Crippen molar-refractivity contribution in [2.24, 2.45) is 0 Å². The van der Waals surface area contributed by atoms with Crippen molar-refractivity contribution in [1.82, 2.24) is 13.7 Å². The van der Waals surface area contributed by atoms with Gasteiger partial charge in [-0.3, -0.25) is 0 Å². The normalized spacial score (nSPS) is 12.3. The number of benzene rings is 10.